The Bertz CT molecular complexity index is 534. The van der Waals surface area contributed by atoms with E-state index in [9.17, 15) is 24.1 Å². The van der Waals surface area contributed by atoms with Gasteiger partial charge >= 0.3 is 11.7 Å². The Morgan fingerprint density at radius 2 is 2.16 bits per heavy atom. The van der Waals surface area contributed by atoms with Crippen LogP contribution in [0.2, 0.25) is 0 Å². The van der Waals surface area contributed by atoms with Gasteiger partial charge in [-0.1, -0.05) is 0 Å². The van der Waals surface area contributed by atoms with Crippen molar-refractivity contribution in [3.63, 3.8) is 0 Å². The molecule has 0 fully saturated rings. The number of nitro groups is 1. The van der Waals surface area contributed by atoms with Crippen LogP contribution in [0.15, 0.2) is 18.2 Å². The normalized spacial score (nSPS) is 11.5. The molecule has 0 heterocycles. The second-order valence-corrected chi connectivity index (χ2v) is 3.48. The maximum atomic E-state index is 13.3. The summed E-state index contributed by atoms with van der Waals surface area (Å²) in [6.45, 7) is 1.30. The summed E-state index contributed by atoms with van der Waals surface area (Å²) in [5.74, 6) is -1.99. The predicted molar refractivity (Wildman–Crippen MR) is 60.9 cm³/mol. The zero-order chi connectivity index (χ0) is 14.6. The number of hydrogen-bond acceptors (Lipinski definition) is 5. The van der Waals surface area contributed by atoms with Crippen LogP contribution in [0.3, 0.4) is 0 Å². The Morgan fingerprint density at radius 3 is 2.63 bits per heavy atom. The van der Waals surface area contributed by atoms with E-state index in [4.69, 9.17) is 10.5 Å². The third-order valence-electron chi connectivity index (χ3n) is 2.04. The van der Waals surface area contributed by atoms with E-state index in [1.807, 2.05) is 0 Å². The first-order chi connectivity index (χ1) is 8.81. The number of halogens is 1. The standard InChI is InChI=1S/C10H10FN3O5/c1-5(9(15)13-10(12)16)19-6-2-3-8(14(17)18)7(11)4-6/h2-5H,1H3,(H3,12,13,15,16). The molecule has 0 saturated carbocycles. The molecular weight excluding hydrogens is 261 g/mol. The van der Waals surface area contributed by atoms with Gasteiger partial charge in [0.2, 0.25) is 5.82 Å². The average Bonchev–Trinajstić information content (AvgIpc) is 2.27. The molecular formula is C10H10FN3O5. The third-order valence-corrected chi connectivity index (χ3v) is 2.04. The number of nitrogens with zero attached hydrogens (tertiary/aromatic N) is 1. The number of imide groups is 1. The van der Waals surface area contributed by atoms with Crippen molar-refractivity contribution < 1.29 is 23.6 Å². The Kier molecular flexibility index (Phi) is 4.35. The van der Waals surface area contributed by atoms with E-state index in [1.165, 1.54) is 6.92 Å². The summed E-state index contributed by atoms with van der Waals surface area (Å²) in [5, 5.41) is 12.2. The first-order valence-electron chi connectivity index (χ1n) is 5.02. The van der Waals surface area contributed by atoms with Crippen molar-refractivity contribution in [3.05, 3.63) is 34.1 Å². The molecule has 1 aromatic carbocycles. The molecule has 0 saturated heterocycles. The molecule has 0 radical (unpaired) electrons. The molecule has 3 N–H and O–H groups in total. The molecule has 1 unspecified atom stereocenters. The molecule has 0 aromatic heterocycles. The second-order valence-electron chi connectivity index (χ2n) is 3.48. The molecule has 0 aliphatic heterocycles. The van der Waals surface area contributed by atoms with Gasteiger partial charge in [0, 0.05) is 12.1 Å². The molecule has 1 aromatic rings. The first kappa shape index (κ1) is 14.4. The third kappa shape index (κ3) is 3.91. The minimum absolute atomic E-state index is 0.0878. The van der Waals surface area contributed by atoms with Crippen LogP contribution in [-0.4, -0.2) is 23.0 Å². The van der Waals surface area contributed by atoms with Crippen molar-refractivity contribution in [3.8, 4) is 5.75 Å². The number of ether oxygens (including phenoxy) is 1. The smallest absolute Gasteiger partial charge is 0.318 e. The molecule has 8 nitrogen and oxygen atoms in total. The highest BCUT2D eigenvalue weighted by atomic mass is 19.1. The minimum Gasteiger partial charge on any atom is -0.481 e. The van der Waals surface area contributed by atoms with Crippen LogP contribution in [0.25, 0.3) is 0 Å². The monoisotopic (exact) mass is 271 g/mol. The molecule has 19 heavy (non-hydrogen) atoms. The SMILES string of the molecule is CC(Oc1ccc([N+](=O)[O-])c(F)c1)C(=O)NC(N)=O. The van der Waals surface area contributed by atoms with Crippen LogP contribution in [0.1, 0.15) is 6.92 Å². The van der Waals surface area contributed by atoms with Crippen LogP contribution >= 0.6 is 0 Å². The lowest BCUT2D eigenvalue weighted by molar-refractivity contribution is -0.387. The molecule has 1 atom stereocenters. The number of carbonyl (C=O) groups excluding carboxylic acids is 2. The highest BCUT2D eigenvalue weighted by Crippen LogP contribution is 2.22. The van der Waals surface area contributed by atoms with Crippen molar-refractivity contribution >= 4 is 17.6 Å². The van der Waals surface area contributed by atoms with Crippen molar-refractivity contribution in [1.82, 2.24) is 5.32 Å². The molecule has 0 bridgehead atoms. The molecule has 3 amide bonds. The first-order valence-corrected chi connectivity index (χ1v) is 5.02. The summed E-state index contributed by atoms with van der Waals surface area (Å²) >= 11 is 0. The van der Waals surface area contributed by atoms with Crippen molar-refractivity contribution in [2.45, 2.75) is 13.0 Å². The van der Waals surface area contributed by atoms with Crippen molar-refractivity contribution in [1.29, 1.82) is 0 Å². The van der Waals surface area contributed by atoms with Gasteiger partial charge in [0.15, 0.2) is 6.10 Å². The van der Waals surface area contributed by atoms with Crippen LogP contribution in [0.5, 0.6) is 5.75 Å². The lowest BCUT2D eigenvalue weighted by Crippen LogP contribution is -2.42. The Labute approximate surface area is 106 Å². The van der Waals surface area contributed by atoms with E-state index in [2.05, 4.69) is 0 Å². The number of hydrogen-bond donors (Lipinski definition) is 2. The van der Waals surface area contributed by atoms with Crippen LogP contribution in [0.4, 0.5) is 14.9 Å². The van der Waals surface area contributed by atoms with E-state index in [0.29, 0.717) is 0 Å². The topological polar surface area (TPSA) is 125 Å². The van der Waals surface area contributed by atoms with E-state index in [-0.39, 0.29) is 5.75 Å². The summed E-state index contributed by atoms with van der Waals surface area (Å²) in [4.78, 5) is 31.2. The Morgan fingerprint density at radius 1 is 1.53 bits per heavy atom. The fourth-order valence-corrected chi connectivity index (χ4v) is 1.19. The molecule has 1 rings (SSSR count). The van der Waals surface area contributed by atoms with Crippen molar-refractivity contribution in [2.75, 3.05) is 0 Å². The van der Waals surface area contributed by atoms with E-state index < -0.39 is 34.5 Å². The van der Waals surface area contributed by atoms with Gasteiger partial charge in [0.05, 0.1) is 4.92 Å². The lowest BCUT2D eigenvalue weighted by Gasteiger charge is -2.13. The molecule has 102 valence electrons. The van der Waals surface area contributed by atoms with Crippen LogP contribution in [-0.2, 0) is 4.79 Å². The van der Waals surface area contributed by atoms with Gasteiger partial charge in [-0.3, -0.25) is 20.2 Å². The van der Waals surface area contributed by atoms with E-state index in [1.54, 1.807) is 5.32 Å². The number of carbonyl (C=O) groups is 2. The number of nitro benzene ring substituents is 1. The van der Waals surface area contributed by atoms with Gasteiger partial charge in [-0.2, -0.15) is 4.39 Å². The minimum atomic E-state index is -1.12. The van der Waals surface area contributed by atoms with Gasteiger partial charge in [-0.25, -0.2) is 4.79 Å². The molecule has 0 aliphatic carbocycles. The number of rotatable bonds is 4. The molecule has 0 aliphatic rings. The maximum Gasteiger partial charge on any atom is 0.318 e. The number of benzene rings is 1. The lowest BCUT2D eigenvalue weighted by atomic mass is 10.3. The number of amides is 3. The number of nitrogens with one attached hydrogen (secondary N) is 1. The zero-order valence-corrected chi connectivity index (χ0v) is 9.75. The quantitative estimate of drug-likeness (QED) is 0.615. The Hall–Kier alpha value is -2.71. The van der Waals surface area contributed by atoms with Crippen LogP contribution in [0, 0.1) is 15.9 Å². The fraction of sp³-hybridized carbons (Fsp3) is 0.200. The molecule has 0 spiro atoms. The summed E-state index contributed by atoms with van der Waals surface area (Å²) in [5.41, 5.74) is 4.03. The van der Waals surface area contributed by atoms with Gasteiger partial charge < -0.3 is 10.5 Å². The highest BCUT2D eigenvalue weighted by molar-refractivity contribution is 5.95. The van der Waals surface area contributed by atoms with E-state index in [0.717, 1.165) is 18.2 Å². The van der Waals surface area contributed by atoms with Gasteiger partial charge in [0.1, 0.15) is 5.75 Å². The van der Waals surface area contributed by atoms with Crippen molar-refractivity contribution in [2.24, 2.45) is 5.73 Å². The summed E-state index contributed by atoms with van der Waals surface area (Å²) in [7, 11) is 0. The van der Waals surface area contributed by atoms with Gasteiger partial charge in [-0.05, 0) is 13.0 Å². The number of primary amides is 1. The summed E-state index contributed by atoms with van der Waals surface area (Å²) in [6.07, 6.45) is -1.12. The number of urea groups is 1. The predicted octanol–water partition coefficient (Wildman–Crippen LogP) is 0.696. The highest BCUT2D eigenvalue weighted by Gasteiger charge is 2.19. The second kappa shape index (κ2) is 5.76. The number of nitrogens with two attached hydrogens (primary N) is 1. The van der Waals surface area contributed by atoms with Crippen LogP contribution < -0.4 is 15.8 Å². The maximum absolute atomic E-state index is 13.3. The van der Waals surface area contributed by atoms with Gasteiger partial charge in [0.25, 0.3) is 5.91 Å². The summed E-state index contributed by atoms with van der Waals surface area (Å²) < 4.78 is 18.3. The van der Waals surface area contributed by atoms with E-state index >= 15 is 0 Å². The van der Waals surface area contributed by atoms with Gasteiger partial charge in [-0.15, -0.1) is 0 Å². The average molecular weight is 271 g/mol. The largest absolute Gasteiger partial charge is 0.481 e. The molecule has 9 heteroatoms. The fourth-order valence-electron chi connectivity index (χ4n) is 1.19. The zero-order valence-electron chi connectivity index (χ0n) is 9.75. The summed E-state index contributed by atoms with van der Waals surface area (Å²) in [6, 6.07) is 1.76. The Balaban J connectivity index is 2.78.